The maximum Gasteiger partial charge on any atom is 0.267 e. The number of carbonyl (C=O) groups excluding carboxylic acids is 1. The fourth-order valence-corrected chi connectivity index (χ4v) is 4.03. The van der Waals surface area contributed by atoms with Gasteiger partial charge in [0.05, 0.1) is 0 Å². The van der Waals surface area contributed by atoms with Crippen LogP contribution in [0.5, 0.6) is 0 Å². The maximum atomic E-state index is 11.1. The zero-order valence-corrected chi connectivity index (χ0v) is 19.5. The van der Waals surface area contributed by atoms with Gasteiger partial charge in [-0.1, -0.05) is 52.0 Å². The van der Waals surface area contributed by atoms with E-state index in [1.807, 2.05) is 24.4 Å². The Morgan fingerprint density at radius 2 is 1.94 bits per heavy atom. The molecule has 6 heteroatoms. The third kappa shape index (κ3) is 6.05. The fraction of sp³-hybridized carbons (Fsp3) is 0.385. The van der Waals surface area contributed by atoms with Crippen molar-refractivity contribution in [2.24, 2.45) is 0 Å². The first-order valence-corrected chi connectivity index (χ1v) is 11.2. The number of hydroxylamine groups is 1. The van der Waals surface area contributed by atoms with Gasteiger partial charge < -0.3 is 4.98 Å². The van der Waals surface area contributed by atoms with E-state index in [9.17, 15) is 4.79 Å². The van der Waals surface area contributed by atoms with Crippen LogP contribution in [0.2, 0.25) is 0 Å². The van der Waals surface area contributed by atoms with E-state index in [0.717, 1.165) is 43.7 Å². The molecule has 170 valence electrons. The summed E-state index contributed by atoms with van der Waals surface area (Å²) in [4.78, 5) is 21.7. The van der Waals surface area contributed by atoms with Crippen molar-refractivity contribution in [2.45, 2.75) is 52.5 Å². The molecule has 3 N–H and O–H groups in total. The molecule has 0 atom stereocenters. The Labute approximate surface area is 190 Å². The van der Waals surface area contributed by atoms with Crippen molar-refractivity contribution in [3.63, 3.8) is 0 Å². The van der Waals surface area contributed by atoms with E-state index < -0.39 is 5.91 Å². The van der Waals surface area contributed by atoms with Crippen LogP contribution < -0.4 is 5.48 Å². The highest BCUT2D eigenvalue weighted by molar-refractivity contribution is 5.90. The molecule has 3 rings (SSSR count). The number of H-pyrrole nitrogens is 1. The Morgan fingerprint density at radius 1 is 1.19 bits per heavy atom. The third-order valence-electron chi connectivity index (χ3n) is 5.57. The van der Waals surface area contributed by atoms with Crippen LogP contribution in [-0.4, -0.2) is 39.1 Å². The fourth-order valence-electron chi connectivity index (χ4n) is 4.03. The highest BCUT2D eigenvalue weighted by Gasteiger charge is 2.23. The molecule has 0 unspecified atom stereocenters. The number of hydrogen-bond donors (Lipinski definition) is 3. The van der Waals surface area contributed by atoms with E-state index in [0.29, 0.717) is 0 Å². The monoisotopic (exact) mass is 434 g/mol. The second kappa shape index (κ2) is 10.6. The summed E-state index contributed by atoms with van der Waals surface area (Å²) in [6.07, 6.45) is 6.89. The Morgan fingerprint density at radius 3 is 2.59 bits per heavy atom. The number of pyridine rings is 1. The lowest BCUT2D eigenvalue weighted by Gasteiger charge is -2.24. The van der Waals surface area contributed by atoms with Crippen molar-refractivity contribution in [2.75, 3.05) is 13.1 Å². The Balaban J connectivity index is 1.73. The van der Waals surface area contributed by atoms with Gasteiger partial charge in [-0.2, -0.15) is 0 Å². The van der Waals surface area contributed by atoms with Gasteiger partial charge in [-0.3, -0.25) is 14.9 Å². The van der Waals surface area contributed by atoms with Crippen LogP contribution in [0, 0.1) is 0 Å². The molecule has 32 heavy (non-hydrogen) atoms. The van der Waals surface area contributed by atoms with Crippen molar-refractivity contribution in [3.05, 3.63) is 71.1 Å². The highest BCUT2D eigenvalue weighted by atomic mass is 16.5. The molecular formula is C26H34N4O2. The van der Waals surface area contributed by atoms with E-state index in [2.05, 4.69) is 60.8 Å². The number of rotatable bonds is 9. The summed E-state index contributed by atoms with van der Waals surface area (Å²) in [6, 6.07) is 12.3. The molecule has 3 aromatic rings. The summed E-state index contributed by atoms with van der Waals surface area (Å²) in [6.45, 7) is 11.8. The number of aromatic amines is 1. The third-order valence-corrected chi connectivity index (χ3v) is 5.57. The molecule has 0 spiro atoms. The topological polar surface area (TPSA) is 81.2 Å². The second-order valence-electron chi connectivity index (χ2n) is 9.21. The SMILES string of the molecule is CCCN(CCc1c(C(C)(C)C)[nH]c2ncccc12)Cc1ccc(/C=C/C(=O)NO)cc1. The number of hydrogen-bond acceptors (Lipinski definition) is 4. The van der Waals surface area contributed by atoms with Gasteiger partial charge in [0.2, 0.25) is 0 Å². The molecule has 2 heterocycles. The zero-order valence-electron chi connectivity index (χ0n) is 19.5. The molecule has 0 saturated heterocycles. The normalized spacial score (nSPS) is 12.2. The number of carbonyl (C=O) groups is 1. The molecule has 0 aliphatic carbocycles. The number of amides is 1. The molecule has 1 aromatic carbocycles. The number of fused-ring (bicyclic) bond motifs is 1. The molecule has 0 saturated carbocycles. The molecule has 1 amide bonds. The number of nitrogens with zero attached hydrogens (tertiary/aromatic N) is 2. The van der Waals surface area contributed by atoms with E-state index in [-0.39, 0.29) is 5.41 Å². The molecule has 0 fully saturated rings. The van der Waals surface area contributed by atoms with Crippen molar-refractivity contribution in [3.8, 4) is 0 Å². The average Bonchev–Trinajstić information content (AvgIpc) is 3.16. The van der Waals surface area contributed by atoms with Gasteiger partial charge in [0, 0.05) is 41.9 Å². The minimum Gasteiger partial charge on any atom is -0.343 e. The van der Waals surface area contributed by atoms with Crippen molar-refractivity contribution in [1.82, 2.24) is 20.3 Å². The van der Waals surface area contributed by atoms with E-state index >= 15 is 0 Å². The summed E-state index contributed by atoms with van der Waals surface area (Å²) in [5.41, 5.74) is 7.38. The molecule has 0 aliphatic rings. The number of aromatic nitrogens is 2. The molecule has 2 aromatic heterocycles. The first-order chi connectivity index (χ1) is 15.3. The minimum absolute atomic E-state index is 0.0297. The standard InChI is InChI=1S/C26H34N4O2/c1-5-16-30(18-20-10-8-19(9-11-20)12-13-23(31)29-32)17-14-21-22-7-6-15-27-25(22)28-24(21)26(2,3)4/h6-13,15,32H,5,14,16-18H2,1-4H3,(H,27,28)(H,29,31)/b13-12+. The number of nitrogens with one attached hydrogen (secondary N) is 2. The van der Waals surface area contributed by atoms with Crippen LogP contribution in [0.4, 0.5) is 0 Å². The zero-order chi connectivity index (χ0) is 23.1. The predicted octanol–water partition coefficient (Wildman–Crippen LogP) is 4.83. The average molecular weight is 435 g/mol. The van der Waals surface area contributed by atoms with Crippen LogP contribution in [0.15, 0.2) is 48.7 Å². The minimum atomic E-state index is -0.537. The van der Waals surface area contributed by atoms with Gasteiger partial charge in [-0.05, 0) is 54.3 Å². The largest absolute Gasteiger partial charge is 0.343 e. The molecule has 6 nitrogen and oxygen atoms in total. The Kier molecular flexibility index (Phi) is 7.83. The van der Waals surface area contributed by atoms with Crippen LogP contribution in [0.1, 0.15) is 56.5 Å². The van der Waals surface area contributed by atoms with Gasteiger partial charge in [0.15, 0.2) is 0 Å². The first kappa shape index (κ1) is 23.7. The summed E-state index contributed by atoms with van der Waals surface area (Å²) < 4.78 is 0. The molecule has 0 radical (unpaired) electrons. The smallest absolute Gasteiger partial charge is 0.267 e. The highest BCUT2D eigenvalue weighted by Crippen LogP contribution is 2.31. The van der Waals surface area contributed by atoms with E-state index in [1.54, 1.807) is 11.6 Å². The van der Waals surface area contributed by atoms with Crippen LogP contribution >= 0.6 is 0 Å². The second-order valence-corrected chi connectivity index (χ2v) is 9.21. The Hall–Kier alpha value is -2.96. The van der Waals surface area contributed by atoms with Crippen molar-refractivity contribution in [1.29, 1.82) is 0 Å². The van der Waals surface area contributed by atoms with Gasteiger partial charge >= 0.3 is 0 Å². The van der Waals surface area contributed by atoms with Crippen molar-refractivity contribution >= 4 is 23.0 Å². The Bertz CT molecular complexity index is 1060. The molecule has 0 bridgehead atoms. The number of benzene rings is 1. The van der Waals surface area contributed by atoms with Gasteiger partial charge in [-0.15, -0.1) is 0 Å². The van der Waals surface area contributed by atoms with Crippen LogP contribution in [0.3, 0.4) is 0 Å². The van der Waals surface area contributed by atoms with Crippen LogP contribution in [0.25, 0.3) is 17.1 Å². The maximum absolute atomic E-state index is 11.1. The summed E-state index contributed by atoms with van der Waals surface area (Å²) in [7, 11) is 0. The van der Waals surface area contributed by atoms with Gasteiger partial charge in [-0.25, -0.2) is 10.5 Å². The lowest BCUT2D eigenvalue weighted by atomic mass is 9.88. The predicted molar refractivity (Wildman–Crippen MR) is 129 cm³/mol. The van der Waals surface area contributed by atoms with E-state index in [1.165, 1.54) is 28.3 Å². The quantitative estimate of drug-likeness (QED) is 0.256. The first-order valence-electron chi connectivity index (χ1n) is 11.2. The summed E-state index contributed by atoms with van der Waals surface area (Å²) in [5, 5.41) is 9.80. The van der Waals surface area contributed by atoms with E-state index in [4.69, 9.17) is 5.21 Å². The van der Waals surface area contributed by atoms with Gasteiger partial charge in [0.1, 0.15) is 5.65 Å². The molecule has 0 aliphatic heterocycles. The lowest BCUT2D eigenvalue weighted by molar-refractivity contribution is -0.124. The lowest BCUT2D eigenvalue weighted by Crippen LogP contribution is -2.27. The van der Waals surface area contributed by atoms with Crippen molar-refractivity contribution < 1.29 is 10.0 Å². The summed E-state index contributed by atoms with van der Waals surface area (Å²) >= 11 is 0. The molecular weight excluding hydrogens is 400 g/mol. The summed E-state index contributed by atoms with van der Waals surface area (Å²) in [5.74, 6) is -0.537. The van der Waals surface area contributed by atoms with Crippen LogP contribution in [-0.2, 0) is 23.2 Å². The van der Waals surface area contributed by atoms with Gasteiger partial charge in [0.25, 0.3) is 5.91 Å².